The van der Waals surface area contributed by atoms with Crippen LogP contribution in [0.4, 0.5) is 0 Å². The highest BCUT2D eigenvalue weighted by Gasteiger charge is 2.24. The number of rotatable bonds is 6. The summed E-state index contributed by atoms with van der Waals surface area (Å²) in [6, 6.07) is 14.6. The largest absolute Gasteiger partial charge is 0.492 e. The van der Waals surface area contributed by atoms with Crippen molar-refractivity contribution in [2.75, 3.05) is 32.8 Å². The van der Waals surface area contributed by atoms with Crippen LogP contribution in [-0.4, -0.2) is 54.4 Å². The normalized spacial score (nSPS) is 14.1. The van der Waals surface area contributed by atoms with Crippen LogP contribution in [0.1, 0.15) is 23.2 Å². The van der Waals surface area contributed by atoms with Gasteiger partial charge in [0.15, 0.2) is 0 Å². The van der Waals surface area contributed by atoms with Gasteiger partial charge >= 0.3 is 0 Å². The Morgan fingerprint density at radius 1 is 1.00 bits per heavy atom. The Bertz CT molecular complexity index is 838. The number of para-hydroxylation sites is 1. The summed E-state index contributed by atoms with van der Waals surface area (Å²) in [4.78, 5) is 28.5. The molecule has 3 rings (SSSR count). The molecule has 1 aliphatic rings. The summed E-state index contributed by atoms with van der Waals surface area (Å²) in [5.74, 6) is 0.838. The van der Waals surface area contributed by atoms with Crippen molar-refractivity contribution in [3.63, 3.8) is 0 Å². The SMILES string of the molecule is O=C(CCCOc1ccccc1Br)N1CCN(C(=O)c2cccc(Cl)c2)CC1. The number of amides is 2. The summed E-state index contributed by atoms with van der Waals surface area (Å²) in [6.07, 6.45) is 1.09. The molecule has 0 N–H and O–H groups in total. The average Bonchev–Trinajstić information content (AvgIpc) is 2.72. The molecule has 1 heterocycles. The van der Waals surface area contributed by atoms with Gasteiger partial charge in [-0.25, -0.2) is 0 Å². The maximum Gasteiger partial charge on any atom is 0.254 e. The van der Waals surface area contributed by atoms with Crippen molar-refractivity contribution in [2.24, 2.45) is 0 Å². The van der Waals surface area contributed by atoms with E-state index in [1.54, 1.807) is 29.2 Å². The minimum absolute atomic E-state index is 0.0450. The molecule has 7 heteroatoms. The summed E-state index contributed by atoms with van der Waals surface area (Å²) < 4.78 is 6.60. The van der Waals surface area contributed by atoms with Gasteiger partial charge in [0.25, 0.3) is 5.91 Å². The number of carbonyl (C=O) groups is 2. The van der Waals surface area contributed by atoms with Crippen LogP contribution in [0.5, 0.6) is 5.75 Å². The van der Waals surface area contributed by atoms with E-state index in [-0.39, 0.29) is 11.8 Å². The lowest BCUT2D eigenvalue weighted by atomic mass is 10.1. The molecule has 0 atom stereocenters. The van der Waals surface area contributed by atoms with Crippen LogP contribution in [0.2, 0.25) is 5.02 Å². The molecule has 0 spiro atoms. The summed E-state index contributed by atoms with van der Waals surface area (Å²) in [6.45, 7) is 2.66. The predicted molar refractivity (Wildman–Crippen MR) is 113 cm³/mol. The fourth-order valence-corrected chi connectivity index (χ4v) is 3.68. The second-order valence-corrected chi connectivity index (χ2v) is 7.86. The zero-order chi connectivity index (χ0) is 19.9. The molecule has 0 aromatic heterocycles. The molecule has 0 radical (unpaired) electrons. The van der Waals surface area contributed by atoms with E-state index in [2.05, 4.69) is 15.9 Å². The van der Waals surface area contributed by atoms with Gasteiger partial charge in [-0.3, -0.25) is 9.59 Å². The van der Waals surface area contributed by atoms with Crippen LogP contribution in [0.25, 0.3) is 0 Å². The van der Waals surface area contributed by atoms with Gasteiger partial charge in [-0.2, -0.15) is 0 Å². The highest BCUT2D eigenvalue weighted by Crippen LogP contribution is 2.24. The van der Waals surface area contributed by atoms with Crippen molar-refractivity contribution < 1.29 is 14.3 Å². The number of piperazine rings is 1. The summed E-state index contributed by atoms with van der Waals surface area (Å²) in [5, 5.41) is 0.546. The molecule has 2 aromatic rings. The Balaban J connectivity index is 1.40. The van der Waals surface area contributed by atoms with Crippen molar-refractivity contribution in [1.29, 1.82) is 0 Å². The Kier molecular flexibility index (Phi) is 7.34. The van der Waals surface area contributed by atoms with Gasteiger partial charge in [0.05, 0.1) is 11.1 Å². The van der Waals surface area contributed by atoms with Gasteiger partial charge < -0.3 is 14.5 Å². The quantitative estimate of drug-likeness (QED) is 0.599. The van der Waals surface area contributed by atoms with Crippen LogP contribution < -0.4 is 4.74 Å². The Labute approximate surface area is 178 Å². The lowest BCUT2D eigenvalue weighted by molar-refractivity contribution is -0.132. The monoisotopic (exact) mass is 464 g/mol. The van der Waals surface area contributed by atoms with E-state index >= 15 is 0 Å². The summed E-state index contributed by atoms with van der Waals surface area (Å²) in [5.41, 5.74) is 0.580. The standard InChI is InChI=1S/C21H22BrClN2O3/c22-18-7-1-2-8-19(18)28-14-4-9-20(26)24-10-12-25(13-11-24)21(27)16-5-3-6-17(23)15-16/h1-3,5-8,15H,4,9-14H2. The molecule has 1 fully saturated rings. The van der Waals surface area contributed by atoms with E-state index in [9.17, 15) is 9.59 Å². The molecule has 5 nitrogen and oxygen atoms in total. The van der Waals surface area contributed by atoms with Crippen molar-refractivity contribution in [3.05, 3.63) is 63.6 Å². The molecule has 0 bridgehead atoms. The number of halogens is 2. The number of hydrogen-bond acceptors (Lipinski definition) is 3. The predicted octanol–water partition coefficient (Wildman–Crippen LogP) is 4.25. The Hall–Kier alpha value is -2.05. The molecule has 1 saturated heterocycles. The van der Waals surface area contributed by atoms with E-state index in [0.717, 1.165) is 10.2 Å². The van der Waals surface area contributed by atoms with Crippen molar-refractivity contribution >= 4 is 39.3 Å². The van der Waals surface area contributed by atoms with E-state index in [1.807, 2.05) is 29.2 Å². The molecule has 28 heavy (non-hydrogen) atoms. The van der Waals surface area contributed by atoms with Gasteiger partial charge in [-0.15, -0.1) is 0 Å². The lowest BCUT2D eigenvalue weighted by Crippen LogP contribution is -2.50. The minimum atomic E-state index is -0.0450. The molecule has 2 aromatic carbocycles. The first-order chi connectivity index (χ1) is 13.5. The van der Waals surface area contributed by atoms with E-state index < -0.39 is 0 Å². The Morgan fingerprint density at radius 3 is 2.43 bits per heavy atom. The maximum absolute atomic E-state index is 12.5. The van der Waals surface area contributed by atoms with E-state index in [0.29, 0.717) is 56.2 Å². The van der Waals surface area contributed by atoms with Crippen LogP contribution in [0, 0.1) is 0 Å². The minimum Gasteiger partial charge on any atom is -0.492 e. The topological polar surface area (TPSA) is 49.9 Å². The Morgan fingerprint density at radius 2 is 1.71 bits per heavy atom. The summed E-state index contributed by atoms with van der Waals surface area (Å²) in [7, 11) is 0. The van der Waals surface area contributed by atoms with Gasteiger partial charge in [0, 0.05) is 43.2 Å². The highest BCUT2D eigenvalue weighted by molar-refractivity contribution is 9.10. The third-order valence-corrected chi connectivity index (χ3v) is 5.51. The highest BCUT2D eigenvalue weighted by atomic mass is 79.9. The van der Waals surface area contributed by atoms with Crippen molar-refractivity contribution in [1.82, 2.24) is 9.80 Å². The maximum atomic E-state index is 12.5. The smallest absolute Gasteiger partial charge is 0.254 e. The first-order valence-corrected chi connectivity index (χ1v) is 10.4. The van der Waals surface area contributed by atoms with E-state index in [1.165, 1.54) is 0 Å². The van der Waals surface area contributed by atoms with Crippen molar-refractivity contribution in [2.45, 2.75) is 12.8 Å². The number of carbonyl (C=O) groups excluding carboxylic acids is 2. The van der Waals surface area contributed by atoms with Gasteiger partial charge in [-0.1, -0.05) is 29.8 Å². The van der Waals surface area contributed by atoms with Crippen LogP contribution >= 0.6 is 27.5 Å². The van der Waals surface area contributed by atoms with Gasteiger partial charge in [0.1, 0.15) is 5.75 Å². The molecule has 0 aliphatic carbocycles. The molecule has 0 unspecified atom stereocenters. The van der Waals surface area contributed by atoms with Gasteiger partial charge in [-0.05, 0) is 52.7 Å². The number of ether oxygens (including phenoxy) is 1. The zero-order valence-electron chi connectivity index (χ0n) is 15.4. The fourth-order valence-electron chi connectivity index (χ4n) is 3.09. The number of hydrogen-bond donors (Lipinski definition) is 0. The molecule has 2 amide bonds. The first kappa shape index (κ1) is 20.7. The fraction of sp³-hybridized carbons (Fsp3) is 0.333. The number of nitrogens with zero attached hydrogens (tertiary/aromatic N) is 2. The molecule has 148 valence electrons. The molecule has 0 saturated carbocycles. The second kappa shape index (κ2) is 9.94. The van der Waals surface area contributed by atoms with Crippen LogP contribution in [-0.2, 0) is 4.79 Å². The third kappa shape index (κ3) is 5.49. The lowest BCUT2D eigenvalue weighted by Gasteiger charge is -2.35. The molecular formula is C21H22BrClN2O3. The van der Waals surface area contributed by atoms with Crippen LogP contribution in [0.3, 0.4) is 0 Å². The average molecular weight is 466 g/mol. The molecule has 1 aliphatic heterocycles. The third-order valence-electron chi connectivity index (χ3n) is 4.62. The molecular weight excluding hydrogens is 444 g/mol. The van der Waals surface area contributed by atoms with Crippen molar-refractivity contribution in [3.8, 4) is 5.75 Å². The second-order valence-electron chi connectivity index (χ2n) is 6.57. The number of benzene rings is 2. The summed E-state index contributed by atoms with van der Waals surface area (Å²) >= 11 is 9.40. The zero-order valence-corrected chi connectivity index (χ0v) is 17.8. The first-order valence-electron chi connectivity index (χ1n) is 9.24. The van der Waals surface area contributed by atoms with Crippen LogP contribution in [0.15, 0.2) is 53.0 Å². The van der Waals surface area contributed by atoms with E-state index in [4.69, 9.17) is 16.3 Å². The van der Waals surface area contributed by atoms with Gasteiger partial charge in [0.2, 0.25) is 5.91 Å².